The Kier molecular flexibility index (Phi) is 9.53. The fraction of sp³-hybridized carbons (Fsp3) is 0.455. The molecular formula is C33H42N2O5S. The maximum Gasteiger partial charge on any atom is 0.265 e. The number of anilines is 1. The fourth-order valence-electron chi connectivity index (χ4n) is 5.86. The summed E-state index contributed by atoms with van der Waals surface area (Å²) in [5.74, 6) is 1.37. The molecule has 7 nitrogen and oxygen atoms in total. The van der Waals surface area contributed by atoms with E-state index in [0.717, 1.165) is 66.9 Å². The maximum atomic E-state index is 14.4. The molecular weight excluding hydrogens is 536 g/mol. The lowest BCUT2D eigenvalue weighted by atomic mass is 10.1. The highest BCUT2D eigenvalue weighted by atomic mass is 32.2. The highest BCUT2D eigenvalue weighted by Gasteiger charge is 2.30. The zero-order chi connectivity index (χ0) is 28.8. The third-order valence-corrected chi connectivity index (χ3v) is 9.92. The Morgan fingerprint density at radius 1 is 0.927 bits per heavy atom. The summed E-state index contributed by atoms with van der Waals surface area (Å²) in [6.07, 6.45) is 5.07. The van der Waals surface area contributed by atoms with Crippen LogP contribution in [-0.4, -0.2) is 52.5 Å². The number of para-hydroxylation sites is 1. The SMILES string of the molecule is Cc1cc(C)c(S(=O)(=O)N(Cc2ccccc2OC2CCCCO2)c2ccc(OCCN3CCCC3)cc2)c(C)c1. The van der Waals surface area contributed by atoms with Crippen LogP contribution in [0.1, 0.15) is 54.4 Å². The summed E-state index contributed by atoms with van der Waals surface area (Å²) in [5.41, 5.74) is 3.84. The van der Waals surface area contributed by atoms with Crippen LogP contribution in [0, 0.1) is 20.8 Å². The van der Waals surface area contributed by atoms with Crippen LogP contribution < -0.4 is 13.8 Å². The molecule has 0 radical (unpaired) electrons. The largest absolute Gasteiger partial charge is 0.492 e. The van der Waals surface area contributed by atoms with Gasteiger partial charge in [-0.15, -0.1) is 0 Å². The van der Waals surface area contributed by atoms with E-state index in [2.05, 4.69) is 4.90 Å². The van der Waals surface area contributed by atoms with Crippen molar-refractivity contribution < 1.29 is 22.6 Å². The number of hydrogen-bond acceptors (Lipinski definition) is 6. The standard InChI is InChI=1S/C33H42N2O5S/c1-25-22-26(2)33(27(3)23-25)41(36,37)35(24-28-10-4-5-11-31(28)40-32-12-6-9-20-39-32)29-13-15-30(16-14-29)38-21-19-34-17-7-8-18-34/h4-5,10-11,13-16,22-23,32H,6-9,12,17-21,24H2,1-3H3. The molecule has 41 heavy (non-hydrogen) atoms. The number of rotatable bonds is 11. The first-order chi connectivity index (χ1) is 19.8. The van der Waals surface area contributed by atoms with Gasteiger partial charge < -0.3 is 14.2 Å². The second-order valence-electron chi connectivity index (χ2n) is 11.2. The molecule has 1 unspecified atom stereocenters. The van der Waals surface area contributed by atoms with Gasteiger partial charge in [0.1, 0.15) is 18.1 Å². The molecule has 0 bridgehead atoms. The van der Waals surface area contributed by atoms with Crippen molar-refractivity contribution >= 4 is 15.7 Å². The molecule has 2 aliphatic rings. The predicted molar refractivity (Wildman–Crippen MR) is 162 cm³/mol. The van der Waals surface area contributed by atoms with Crippen molar-refractivity contribution in [1.82, 2.24) is 4.90 Å². The summed E-state index contributed by atoms with van der Waals surface area (Å²) in [5, 5.41) is 0. The van der Waals surface area contributed by atoms with E-state index in [9.17, 15) is 8.42 Å². The highest BCUT2D eigenvalue weighted by Crippen LogP contribution is 2.34. The molecule has 0 aliphatic carbocycles. The molecule has 0 saturated carbocycles. The molecule has 3 aromatic rings. The molecule has 0 amide bonds. The molecule has 3 aromatic carbocycles. The van der Waals surface area contributed by atoms with Gasteiger partial charge in [-0.25, -0.2) is 8.42 Å². The Labute approximate surface area is 245 Å². The molecule has 0 spiro atoms. The first-order valence-electron chi connectivity index (χ1n) is 14.7. The molecule has 1 atom stereocenters. The topological polar surface area (TPSA) is 68.3 Å². The van der Waals surface area contributed by atoms with Gasteiger partial charge in [-0.1, -0.05) is 35.9 Å². The predicted octanol–water partition coefficient (Wildman–Crippen LogP) is 6.39. The van der Waals surface area contributed by atoms with Crippen LogP contribution in [0.5, 0.6) is 11.5 Å². The van der Waals surface area contributed by atoms with E-state index in [0.29, 0.717) is 29.5 Å². The Morgan fingerprint density at radius 3 is 2.32 bits per heavy atom. The summed E-state index contributed by atoms with van der Waals surface area (Å²) in [7, 11) is -3.92. The summed E-state index contributed by atoms with van der Waals surface area (Å²) in [4.78, 5) is 2.75. The molecule has 220 valence electrons. The molecule has 2 heterocycles. The molecule has 8 heteroatoms. The Morgan fingerprint density at radius 2 is 1.63 bits per heavy atom. The van der Waals surface area contributed by atoms with Gasteiger partial charge in [-0.05, 0) is 101 Å². The number of ether oxygens (including phenoxy) is 3. The molecule has 5 rings (SSSR count). The minimum absolute atomic E-state index is 0.118. The second-order valence-corrected chi connectivity index (χ2v) is 13.0. The lowest BCUT2D eigenvalue weighted by Gasteiger charge is -2.29. The van der Waals surface area contributed by atoms with Crippen LogP contribution in [-0.2, 0) is 21.3 Å². The van der Waals surface area contributed by atoms with Gasteiger partial charge in [0.05, 0.1) is 23.7 Å². The number of likely N-dealkylation sites (tertiary alicyclic amines) is 1. The minimum Gasteiger partial charge on any atom is -0.492 e. The Balaban J connectivity index is 1.44. The van der Waals surface area contributed by atoms with Gasteiger partial charge in [0.25, 0.3) is 10.0 Å². The van der Waals surface area contributed by atoms with E-state index < -0.39 is 10.0 Å². The molecule has 2 fully saturated rings. The first kappa shape index (κ1) is 29.4. The zero-order valence-corrected chi connectivity index (χ0v) is 25.3. The number of hydrogen-bond donors (Lipinski definition) is 0. The second kappa shape index (κ2) is 13.3. The van der Waals surface area contributed by atoms with Crippen molar-refractivity contribution in [2.75, 3.05) is 37.2 Å². The Bertz CT molecular complexity index is 1390. The number of aryl methyl sites for hydroxylation is 3. The van der Waals surface area contributed by atoms with Crippen molar-refractivity contribution in [3.8, 4) is 11.5 Å². The Hall–Kier alpha value is -3.07. The van der Waals surface area contributed by atoms with Crippen LogP contribution in [0.3, 0.4) is 0 Å². The third kappa shape index (κ3) is 7.23. The quantitative estimate of drug-likeness (QED) is 0.263. The van der Waals surface area contributed by atoms with E-state index >= 15 is 0 Å². The summed E-state index contributed by atoms with van der Waals surface area (Å²) < 4.78 is 48.4. The van der Waals surface area contributed by atoms with Crippen molar-refractivity contribution in [2.24, 2.45) is 0 Å². The van der Waals surface area contributed by atoms with E-state index in [1.807, 2.05) is 81.4 Å². The summed E-state index contributed by atoms with van der Waals surface area (Å²) in [6.45, 7) is 10.3. The van der Waals surface area contributed by atoms with E-state index in [-0.39, 0.29) is 12.8 Å². The summed E-state index contributed by atoms with van der Waals surface area (Å²) in [6, 6.07) is 18.8. The van der Waals surface area contributed by atoms with Gasteiger partial charge >= 0.3 is 0 Å². The van der Waals surface area contributed by atoms with Gasteiger partial charge in [0.2, 0.25) is 0 Å². The van der Waals surface area contributed by atoms with Crippen LogP contribution >= 0.6 is 0 Å². The van der Waals surface area contributed by atoms with Gasteiger partial charge in [-0.2, -0.15) is 0 Å². The molecule has 0 N–H and O–H groups in total. The van der Waals surface area contributed by atoms with E-state index in [1.54, 1.807) is 0 Å². The van der Waals surface area contributed by atoms with E-state index in [1.165, 1.54) is 17.1 Å². The smallest absolute Gasteiger partial charge is 0.265 e. The van der Waals surface area contributed by atoms with Crippen molar-refractivity contribution in [3.05, 3.63) is 82.9 Å². The van der Waals surface area contributed by atoms with Gasteiger partial charge in [0.15, 0.2) is 6.29 Å². The molecule has 2 saturated heterocycles. The first-order valence-corrected chi connectivity index (χ1v) is 16.2. The third-order valence-electron chi connectivity index (χ3n) is 7.84. The highest BCUT2D eigenvalue weighted by molar-refractivity contribution is 7.92. The number of nitrogens with zero attached hydrogens (tertiary/aromatic N) is 2. The molecule has 0 aromatic heterocycles. The van der Waals surface area contributed by atoms with Crippen molar-refractivity contribution in [3.63, 3.8) is 0 Å². The molecule has 2 aliphatic heterocycles. The van der Waals surface area contributed by atoms with Crippen LogP contribution in [0.15, 0.2) is 65.6 Å². The lowest BCUT2D eigenvalue weighted by Crippen LogP contribution is -2.32. The van der Waals surface area contributed by atoms with Crippen LogP contribution in [0.25, 0.3) is 0 Å². The van der Waals surface area contributed by atoms with Crippen LogP contribution in [0.4, 0.5) is 5.69 Å². The fourth-order valence-corrected chi connectivity index (χ4v) is 7.72. The minimum atomic E-state index is -3.92. The normalized spacial score (nSPS) is 17.9. The van der Waals surface area contributed by atoms with Crippen molar-refractivity contribution in [1.29, 1.82) is 0 Å². The number of sulfonamides is 1. The van der Waals surface area contributed by atoms with Crippen molar-refractivity contribution in [2.45, 2.75) is 70.6 Å². The lowest BCUT2D eigenvalue weighted by molar-refractivity contribution is -0.106. The zero-order valence-electron chi connectivity index (χ0n) is 24.5. The average Bonchev–Trinajstić information content (AvgIpc) is 3.46. The van der Waals surface area contributed by atoms with Gasteiger partial charge in [0, 0.05) is 18.5 Å². The average molecular weight is 579 g/mol. The van der Waals surface area contributed by atoms with E-state index in [4.69, 9.17) is 14.2 Å². The number of benzene rings is 3. The van der Waals surface area contributed by atoms with Crippen LogP contribution in [0.2, 0.25) is 0 Å². The maximum absolute atomic E-state index is 14.4. The van der Waals surface area contributed by atoms with Gasteiger partial charge in [-0.3, -0.25) is 9.21 Å². The summed E-state index contributed by atoms with van der Waals surface area (Å²) >= 11 is 0. The monoisotopic (exact) mass is 578 g/mol.